The molecular weight excluding hydrogens is 394 g/mol. The average molecular weight is 407 g/mol. The van der Waals surface area contributed by atoms with Crippen molar-refractivity contribution in [2.24, 2.45) is 7.05 Å². The summed E-state index contributed by atoms with van der Waals surface area (Å²) in [6.45, 7) is 1.77. The van der Waals surface area contributed by atoms with Crippen LogP contribution in [-0.4, -0.2) is 29.9 Å². The van der Waals surface area contributed by atoms with Crippen molar-refractivity contribution >= 4 is 48.7 Å². The summed E-state index contributed by atoms with van der Waals surface area (Å²) in [6, 6.07) is 0. The van der Waals surface area contributed by atoms with Crippen LogP contribution >= 0.6 is 31.9 Å². The SMILES string of the molecule is COc1c(OC)c(Br)c2c(c(C)c(C(=O)O)n2C)c1Br. The maximum Gasteiger partial charge on any atom is 0.352 e. The molecule has 0 aliphatic carbocycles. The summed E-state index contributed by atoms with van der Waals surface area (Å²) in [4.78, 5) is 11.4. The lowest BCUT2D eigenvalue weighted by molar-refractivity contribution is 0.0686. The number of rotatable bonds is 3. The average Bonchev–Trinajstić information content (AvgIpc) is 2.65. The van der Waals surface area contributed by atoms with Gasteiger partial charge in [-0.25, -0.2) is 4.79 Å². The van der Waals surface area contributed by atoms with E-state index in [9.17, 15) is 9.90 Å². The van der Waals surface area contributed by atoms with Crippen molar-refractivity contribution < 1.29 is 19.4 Å². The summed E-state index contributed by atoms with van der Waals surface area (Å²) >= 11 is 6.96. The van der Waals surface area contributed by atoms with Gasteiger partial charge < -0.3 is 19.1 Å². The summed E-state index contributed by atoms with van der Waals surface area (Å²) in [5.41, 5.74) is 1.64. The Balaban J connectivity index is 3.09. The van der Waals surface area contributed by atoms with Crippen LogP contribution in [0.1, 0.15) is 16.1 Å². The molecule has 108 valence electrons. The Morgan fingerprint density at radius 1 is 1.15 bits per heavy atom. The summed E-state index contributed by atoms with van der Waals surface area (Å²) in [5.74, 6) is 0.0693. The Morgan fingerprint density at radius 3 is 2.10 bits per heavy atom. The lowest BCUT2D eigenvalue weighted by atomic mass is 10.1. The van der Waals surface area contributed by atoms with Gasteiger partial charge in [-0.15, -0.1) is 0 Å². The first-order chi connectivity index (χ1) is 9.36. The molecule has 0 aliphatic heterocycles. The predicted octanol–water partition coefficient (Wildman–Crippen LogP) is 3.73. The highest BCUT2D eigenvalue weighted by Crippen LogP contribution is 2.49. The summed E-state index contributed by atoms with van der Waals surface area (Å²) in [7, 11) is 4.79. The molecule has 1 aromatic carbocycles. The maximum absolute atomic E-state index is 11.4. The largest absolute Gasteiger partial charge is 0.492 e. The highest BCUT2D eigenvalue weighted by molar-refractivity contribution is 9.11. The van der Waals surface area contributed by atoms with Gasteiger partial charge in [0.2, 0.25) is 0 Å². The van der Waals surface area contributed by atoms with Gasteiger partial charge in [0.1, 0.15) is 5.69 Å². The van der Waals surface area contributed by atoms with E-state index in [-0.39, 0.29) is 5.69 Å². The van der Waals surface area contributed by atoms with E-state index in [2.05, 4.69) is 31.9 Å². The van der Waals surface area contributed by atoms with Crippen molar-refractivity contribution in [2.75, 3.05) is 14.2 Å². The van der Waals surface area contributed by atoms with Gasteiger partial charge in [0.05, 0.1) is 28.7 Å². The molecule has 0 bridgehead atoms. The molecule has 0 saturated heterocycles. The fourth-order valence-corrected chi connectivity index (χ4v) is 4.07. The third-order valence-electron chi connectivity index (χ3n) is 3.28. The number of hydrogen-bond acceptors (Lipinski definition) is 3. The van der Waals surface area contributed by atoms with Crippen LogP contribution < -0.4 is 9.47 Å². The minimum Gasteiger partial charge on any atom is -0.492 e. The number of methoxy groups -OCH3 is 2. The molecule has 0 unspecified atom stereocenters. The Morgan fingerprint density at radius 2 is 1.65 bits per heavy atom. The first-order valence-electron chi connectivity index (χ1n) is 5.67. The lowest BCUT2D eigenvalue weighted by Gasteiger charge is -2.14. The molecule has 0 aliphatic rings. The topological polar surface area (TPSA) is 60.7 Å². The summed E-state index contributed by atoms with van der Waals surface area (Å²) < 4.78 is 13.7. The van der Waals surface area contributed by atoms with Crippen molar-refractivity contribution in [3.8, 4) is 11.5 Å². The van der Waals surface area contributed by atoms with Crippen molar-refractivity contribution in [1.82, 2.24) is 4.57 Å². The minimum absolute atomic E-state index is 0.233. The molecule has 5 nitrogen and oxygen atoms in total. The van der Waals surface area contributed by atoms with Gasteiger partial charge >= 0.3 is 5.97 Å². The van der Waals surface area contributed by atoms with Gasteiger partial charge in [-0.3, -0.25) is 0 Å². The number of aryl methyl sites for hydroxylation is 2. The van der Waals surface area contributed by atoms with Crippen LogP contribution in [0, 0.1) is 6.92 Å². The van der Waals surface area contributed by atoms with Crippen LogP contribution in [0.5, 0.6) is 11.5 Å². The van der Waals surface area contributed by atoms with Gasteiger partial charge in [0, 0.05) is 12.4 Å². The fourth-order valence-electron chi connectivity index (χ4n) is 2.44. The number of halogens is 2. The Labute approximate surface area is 132 Å². The second kappa shape index (κ2) is 5.29. The van der Waals surface area contributed by atoms with E-state index in [0.717, 1.165) is 10.9 Å². The van der Waals surface area contributed by atoms with Gasteiger partial charge in [-0.05, 0) is 44.3 Å². The monoisotopic (exact) mass is 405 g/mol. The van der Waals surface area contributed by atoms with Gasteiger partial charge in [0.15, 0.2) is 11.5 Å². The number of benzene rings is 1. The van der Waals surface area contributed by atoms with Crippen LogP contribution in [0.2, 0.25) is 0 Å². The molecule has 2 rings (SSSR count). The zero-order chi connectivity index (χ0) is 15.2. The first kappa shape index (κ1) is 15.2. The molecule has 0 spiro atoms. The molecule has 0 fully saturated rings. The first-order valence-corrected chi connectivity index (χ1v) is 7.26. The number of aromatic nitrogens is 1. The molecule has 1 heterocycles. The van der Waals surface area contributed by atoms with Crippen molar-refractivity contribution in [3.05, 3.63) is 20.2 Å². The van der Waals surface area contributed by atoms with Crippen LogP contribution in [0.3, 0.4) is 0 Å². The Bertz CT molecular complexity index is 668. The Hall–Kier alpha value is -1.21. The molecule has 1 N–H and O–H groups in total. The molecule has 0 saturated carbocycles. The molecule has 0 radical (unpaired) electrons. The maximum atomic E-state index is 11.4. The van der Waals surface area contributed by atoms with Crippen LogP contribution in [0.4, 0.5) is 0 Å². The Kier molecular flexibility index (Phi) is 4.02. The second-order valence-electron chi connectivity index (χ2n) is 4.26. The smallest absolute Gasteiger partial charge is 0.352 e. The van der Waals surface area contributed by atoms with E-state index in [1.165, 1.54) is 14.2 Å². The molecule has 0 atom stereocenters. The van der Waals surface area contributed by atoms with E-state index >= 15 is 0 Å². The number of nitrogens with zero attached hydrogens (tertiary/aromatic N) is 1. The number of fused-ring (bicyclic) bond motifs is 1. The highest BCUT2D eigenvalue weighted by Gasteiger charge is 2.26. The van der Waals surface area contributed by atoms with E-state index in [0.29, 0.717) is 26.0 Å². The van der Waals surface area contributed by atoms with Gasteiger partial charge in [-0.1, -0.05) is 0 Å². The van der Waals surface area contributed by atoms with Gasteiger partial charge in [-0.2, -0.15) is 0 Å². The van der Waals surface area contributed by atoms with E-state index in [1.54, 1.807) is 18.5 Å². The molecule has 2 aromatic rings. The summed E-state index contributed by atoms with van der Waals surface area (Å²) in [6.07, 6.45) is 0. The standard InChI is InChI=1S/C13H13Br2NO4/c1-5-6-7(14)11(19-3)12(20-4)8(15)10(6)16(2)9(5)13(17)18/h1-4H3,(H,17,18). The quantitative estimate of drug-likeness (QED) is 0.843. The number of aromatic carboxylic acids is 1. The van der Waals surface area contributed by atoms with E-state index in [4.69, 9.17) is 9.47 Å². The third-order valence-corrected chi connectivity index (χ3v) is 4.77. The lowest BCUT2D eigenvalue weighted by Crippen LogP contribution is -2.05. The van der Waals surface area contributed by atoms with Crippen LogP contribution in [0.25, 0.3) is 10.9 Å². The number of carboxylic acid groups (broad SMARTS) is 1. The number of carboxylic acids is 1. The molecule has 20 heavy (non-hydrogen) atoms. The zero-order valence-electron chi connectivity index (χ0n) is 11.4. The fraction of sp³-hybridized carbons (Fsp3) is 0.308. The summed E-state index contributed by atoms with van der Waals surface area (Å²) in [5, 5.41) is 10.2. The third kappa shape index (κ3) is 1.91. The minimum atomic E-state index is -0.974. The molecule has 7 heteroatoms. The van der Waals surface area contributed by atoms with Crippen molar-refractivity contribution in [3.63, 3.8) is 0 Å². The number of ether oxygens (including phenoxy) is 2. The normalized spacial score (nSPS) is 10.9. The second-order valence-corrected chi connectivity index (χ2v) is 5.84. The molecular formula is C13H13Br2NO4. The van der Waals surface area contributed by atoms with E-state index < -0.39 is 5.97 Å². The van der Waals surface area contributed by atoms with Crippen molar-refractivity contribution in [2.45, 2.75) is 6.92 Å². The zero-order valence-corrected chi connectivity index (χ0v) is 14.5. The molecule has 1 aromatic heterocycles. The molecule has 0 amide bonds. The van der Waals surface area contributed by atoms with Crippen molar-refractivity contribution in [1.29, 1.82) is 0 Å². The number of carbonyl (C=O) groups is 1. The van der Waals surface area contributed by atoms with Crippen LogP contribution in [-0.2, 0) is 7.05 Å². The highest BCUT2D eigenvalue weighted by atomic mass is 79.9. The number of hydrogen-bond donors (Lipinski definition) is 1. The predicted molar refractivity (Wildman–Crippen MR) is 83.1 cm³/mol. The van der Waals surface area contributed by atoms with Gasteiger partial charge in [0.25, 0.3) is 0 Å². The van der Waals surface area contributed by atoms with E-state index in [1.807, 2.05) is 0 Å². The van der Waals surface area contributed by atoms with Crippen LogP contribution in [0.15, 0.2) is 8.95 Å².